The van der Waals surface area contributed by atoms with Gasteiger partial charge in [0.05, 0.1) is 11.3 Å². The molecule has 1 aliphatic rings. The van der Waals surface area contributed by atoms with Crippen molar-refractivity contribution in [2.24, 2.45) is 7.05 Å². The number of nitrogens with one attached hydrogen (secondary N) is 1. The van der Waals surface area contributed by atoms with Gasteiger partial charge in [-0.1, -0.05) is 6.07 Å². The lowest BCUT2D eigenvalue weighted by molar-refractivity contribution is 0.266. The quantitative estimate of drug-likeness (QED) is 0.818. The number of carbonyl (C=O) groups is 1. The standard InChI is InChI=1S/C14H13N3O3S/c1-8-9(10-6-15-17(3)13(10)19)4-5-11-12(8)16(2)14(20)21(11)7-18/h4-6,15H,1-3H3. The zero-order valence-corrected chi connectivity index (χ0v) is 12.6. The third-order valence-electron chi connectivity index (χ3n) is 3.71. The summed E-state index contributed by atoms with van der Waals surface area (Å²) in [5.74, 6) is 0. The van der Waals surface area contributed by atoms with Crippen LogP contribution >= 0.6 is 10.5 Å². The lowest BCUT2D eigenvalue weighted by Crippen LogP contribution is -2.18. The minimum atomic E-state index is -1.17. The zero-order chi connectivity index (χ0) is 15.3. The van der Waals surface area contributed by atoms with Gasteiger partial charge in [0, 0.05) is 35.7 Å². The third-order valence-corrected chi connectivity index (χ3v) is 5.27. The molecule has 0 spiro atoms. The van der Waals surface area contributed by atoms with Crippen molar-refractivity contribution in [3.8, 4) is 11.1 Å². The second-order valence-electron chi connectivity index (χ2n) is 4.85. The highest BCUT2D eigenvalue weighted by Gasteiger charge is 2.32. The Hall–Kier alpha value is -2.37. The first kappa shape index (κ1) is 13.6. The molecule has 0 bridgehead atoms. The molecule has 1 amide bonds. The molecule has 3 rings (SSSR count). The summed E-state index contributed by atoms with van der Waals surface area (Å²) in [5.41, 5.74) is 2.68. The Morgan fingerprint density at radius 3 is 2.48 bits per heavy atom. The molecule has 0 saturated carbocycles. The van der Waals surface area contributed by atoms with E-state index < -0.39 is 10.5 Å². The van der Waals surface area contributed by atoms with Gasteiger partial charge in [-0.25, -0.2) is 4.79 Å². The van der Waals surface area contributed by atoms with E-state index in [2.05, 4.69) is 5.10 Å². The van der Waals surface area contributed by atoms with Crippen LogP contribution in [-0.2, 0) is 11.8 Å². The van der Waals surface area contributed by atoms with Gasteiger partial charge in [-0.05, 0) is 24.1 Å². The molecule has 0 aliphatic carbocycles. The molecule has 21 heavy (non-hydrogen) atoms. The summed E-state index contributed by atoms with van der Waals surface area (Å²) in [6, 6.07) is 3.52. The van der Waals surface area contributed by atoms with Crippen LogP contribution in [-0.4, -0.2) is 27.3 Å². The normalized spacial score (nSPS) is 17.0. The second kappa shape index (κ2) is 4.58. The number of carbonyl (C=O) groups excluding carboxylic acids is 2. The highest BCUT2D eigenvalue weighted by molar-refractivity contribution is 8.28. The number of benzene rings is 1. The van der Waals surface area contributed by atoms with Gasteiger partial charge in [0.15, 0.2) is 5.23 Å². The molecule has 2 heterocycles. The van der Waals surface area contributed by atoms with Crippen molar-refractivity contribution >= 4 is 26.6 Å². The van der Waals surface area contributed by atoms with Crippen molar-refractivity contribution in [2.45, 2.75) is 11.8 Å². The van der Waals surface area contributed by atoms with E-state index in [9.17, 15) is 14.4 Å². The van der Waals surface area contributed by atoms with Gasteiger partial charge < -0.3 is 10.00 Å². The molecule has 1 aliphatic heterocycles. The number of aromatic amines is 1. The van der Waals surface area contributed by atoms with Crippen LogP contribution in [0, 0.1) is 6.92 Å². The monoisotopic (exact) mass is 303 g/mol. The maximum absolute atomic E-state index is 12.1. The fourth-order valence-corrected chi connectivity index (χ4v) is 4.01. The van der Waals surface area contributed by atoms with Crippen molar-refractivity contribution < 1.29 is 9.59 Å². The molecule has 1 aromatic carbocycles. The van der Waals surface area contributed by atoms with Crippen LogP contribution in [0.3, 0.4) is 0 Å². The number of aromatic nitrogens is 2. The molecule has 0 fully saturated rings. The number of fused-ring (bicyclic) bond motifs is 1. The SMILES string of the molecule is Cc1c(-c2c[nH]n(C)c2=O)ccc2c1N(C)C(=O)S2=C=O. The van der Waals surface area contributed by atoms with E-state index in [0.29, 0.717) is 16.1 Å². The van der Waals surface area contributed by atoms with Crippen molar-refractivity contribution in [1.29, 1.82) is 0 Å². The number of rotatable bonds is 1. The first-order valence-corrected chi connectivity index (χ1v) is 7.48. The van der Waals surface area contributed by atoms with Gasteiger partial charge in [-0.2, -0.15) is 0 Å². The highest BCUT2D eigenvalue weighted by atomic mass is 32.2. The number of H-pyrrole nitrogens is 1. The number of aryl methyl sites for hydroxylation is 1. The van der Waals surface area contributed by atoms with Gasteiger partial charge in [0.1, 0.15) is 0 Å². The van der Waals surface area contributed by atoms with Gasteiger partial charge in [0.25, 0.3) is 10.8 Å². The van der Waals surface area contributed by atoms with Gasteiger partial charge in [-0.3, -0.25) is 14.3 Å². The van der Waals surface area contributed by atoms with Crippen molar-refractivity contribution in [3.63, 3.8) is 0 Å². The summed E-state index contributed by atoms with van der Waals surface area (Å²) in [6.07, 6.45) is 1.64. The first-order chi connectivity index (χ1) is 9.97. The molecule has 1 unspecified atom stereocenters. The molecule has 7 heteroatoms. The Balaban J connectivity index is 2.31. The Morgan fingerprint density at radius 1 is 1.19 bits per heavy atom. The predicted octanol–water partition coefficient (Wildman–Crippen LogP) is 1.95. The number of amides is 1. The minimum absolute atomic E-state index is 0.133. The summed E-state index contributed by atoms with van der Waals surface area (Å²) in [5, 5.41) is 4.39. The average molecular weight is 303 g/mol. The fraction of sp³-hybridized carbons (Fsp3) is 0.214. The second-order valence-corrected chi connectivity index (χ2v) is 6.42. The lowest BCUT2D eigenvalue weighted by Gasteiger charge is -2.14. The minimum Gasteiger partial charge on any atom is -0.304 e. The number of anilines is 1. The van der Waals surface area contributed by atoms with Crippen LogP contribution in [0.15, 0.2) is 28.0 Å². The van der Waals surface area contributed by atoms with Crippen LogP contribution in [0.1, 0.15) is 5.56 Å². The molecular formula is C14H13N3O3S. The molecule has 0 radical (unpaired) electrons. The smallest absolute Gasteiger partial charge is 0.294 e. The van der Waals surface area contributed by atoms with Gasteiger partial charge in [-0.15, -0.1) is 0 Å². The van der Waals surface area contributed by atoms with Crippen molar-refractivity contribution in [1.82, 2.24) is 9.78 Å². The topological polar surface area (TPSA) is 75.2 Å². The first-order valence-electron chi connectivity index (χ1n) is 6.25. The molecule has 1 atom stereocenters. The molecule has 6 nitrogen and oxygen atoms in total. The number of nitrogens with zero attached hydrogens (tertiary/aromatic N) is 2. The van der Waals surface area contributed by atoms with Crippen LogP contribution in [0.5, 0.6) is 0 Å². The van der Waals surface area contributed by atoms with E-state index in [-0.39, 0.29) is 10.8 Å². The van der Waals surface area contributed by atoms with E-state index in [1.807, 2.05) is 12.2 Å². The van der Waals surface area contributed by atoms with Crippen LogP contribution in [0.2, 0.25) is 0 Å². The maximum Gasteiger partial charge on any atom is 0.294 e. The summed E-state index contributed by atoms with van der Waals surface area (Å²) in [7, 11) is 2.11. The third kappa shape index (κ3) is 1.75. The van der Waals surface area contributed by atoms with Crippen LogP contribution in [0.4, 0.5) is 10.5 Å². The molecule has 0 saturated heterocycles. The number of hydrogen-bond donors (Lipinski definition) is 1. The summed E-state index contributed by atoms with van der Waals surface area (Å²) in [4.78, 5) is 37.3. The largest absolute Gasteiger partial charge is 0.304 e. The summed E-state index contributed by atoms with van der Waals surface area (Å²) < 4.78 is 1.39. The van der Waals surface area contributed by atoms with Crippen molar-refractivity contribution in [2.75, 3.05) is 11.9 Å². The van der Waals surface area contributed by atoms with Crippen LogP contribution < -0.4 is 10.5 Å². The Kier molecular flexibility index (Phi) is 2.97. The van der Waals surface area contributed by atoms with E-state index >= 15 is 0 Å². The zero-order valence-electron chi connectivity index (χ0n) is 11.8. The molecule has 2 aromatic rings. The van der Waals surface area contributed by atoms with E-state index in [1.54, 1.807) is 32.4 Å². The Bertz CT molecular complexity index is 887. The molecule has 1 aromatic heterocycles. The van der Waals surface area contributed by atoms with E-state index in [1.165, 1.54) is 9.58 Å². The van der Waals surface area contributed by atoms with E-state index in [0.717, 1.165) is 11.1 Å². The summed E-state index contributed by atoms with van der Waals surface area (Å²) in [6.45, 7) is 1.85. The molecule has 108 valence electrons. The highest BCUT2D eigenvalue weighted by Crippen LogP contribution is 2.47. The Morgan fingerprint density at radius 2 is 1.90 bits per heavy atom. The average Bonchev–Trinajstić information content (AvgIpc) is 2.91. The van der Waals surface area contributed by atoms with Gasteiger partial charge in [0.2, 0.25) is 0 Å². The lowest BCUT2D eigenvalue weighted by atomic mass is 10.0. The maximum atomic E-state index is 12.1. The van der Waals surface area contributed by atoms with Crippen LogP contribution in [0.25, 0.3) is 11.1 Å². The fourth-order valence-electron chi connectivity index (χ4n) is 2.61. The van der Waals surface area contributed by atoms with Crippen molar-refractivity contribution in [3.05, 3.63) is 34.2 Å². The Labute approximate surface area is 122 Å². The van der Waals surface area contributed by atoms with Gasteiger partial charge >= 0.3 is 0 Å². The van der Waals surface area contributed by atoms with E-state index in [4.69, 9.17) is 0 Å². The molecular weight excluding hydrogens is 290 g/mol. The molecule has 1 N–H and O–H groups in total. The predicted molar refractivity (Wildman–Crippen MR) is 81.6 cm³/mol. The summed E-state index contributed by atoms with van der Waals surface area (Å²) >= 11 is 0. The number of hydrogen-bond acceptors (Lipinski definition) is 3.